The van der Waals surface area contributed by atoms with E-state index in [-0.39, 0.29) is 5.75 Å². The molecule has 0 saturated heterocycles. The van der Waals surface area contributed by atoms with Gasteiger partial charge in [0.05, 0.1) is 7.11 Å². The number of esters is 1. The summed E-state index contributed by atoms with van der Waals surface area (Å²) in [6, 6.07) is 12.0. The smallest absolute Gasteiger partial charge is 0.468 e. The molecule has 0 saturated carbocycles. The van der Waals surface area contributed by atoms with E-state index in [1.807, 2.05) is 18.2 Å². The molecule has 24 heavy (non-hydrogen) atoms. The third-order valence-corrected chi connectivity index (χ3v) is 3.31. The van der Waals surface area contributed by atoms with E-state index in [2.05, 4.69) is 9.47 Å². The van der Waals surface area contributed by atoms with Gasteiger partial charge in [0.25, 0.3) is 0 Å². The molecule has 0 heterocycles. The van der Waals surface area contributed by atoms with Crippen LogP contribution in [0.2, 0.25) is 0 Å². The maximum Gasteiger partial charge on any atom is 0.573 e. The van der Waals surface area contributed by atoms with Gasteiger partial charge in [-0.1, -0.05) is 36.4 Å². The molecule has 0 aliphatic carbocycles. The average molecular weight is 339 g/mol. The second-order valence-electron chi connectivity index (χ2n) is 5.11. The van der Waals surface area contributed by atoms with Gasteiger partial charge >= 0.3 is 12.3 Å². The molecule has 0 aliphatic rings. The van der Waals surface area contributed by atoms with Crippen LogP contribution in [0.5, 0.6) is 5.75 Å². The van der Waals surface area contributed by atoms with Crippen LogP contribution in [-0.4, -0.2) is 25.5 Å². The van der Waals surface area contributed by atoms with Crippen molar-refractivity contribution < 1.29 is 27.4 Å². The summed E-state index contributed by atoms with van der Waals surface area (Å²) >= 11 is 0. The first-order chi connectivity index (χ1) is 11.3. The van der Waals surface area contributed by atoms with Gasteiger partial charge in [-0.25, -0.2) is 0 Å². The fourth-order valence-corrected chi connectivity index (χ4v) is 2.22. The molecule has 0 spiro atoms. The first-order valence-electron chi connectivity index (χ1n) is 7.07. The number of carbonyl (C=O) groups is 1. The van der Waals surface area contributed by atoms with Gasteiger partial charge < -0.3 is 15.2 Å². The first kappa shape index (κ1) is 17.8. The molecule has 1 unspecified atom stereocenters. The number of halogens is 3. The highest BCUT2D eigenvalue weighted by Crippen LogP contribution is 2.27. The Hall–Kier alpha value is -2.54. The topological polar surface area (TPSA) is 61.5 Å². The molecule has 2 rings (SSSR count). The van der Waals surface area contributed by atoms with Crippen molar-refractivity contribution in [3.05, 3.63) is 54.1 Å². The zero-order valence-corrected chi connectivity index (χ0v) is 12.8. The maximum absolute atomic E-state index is 12.2. The number of benzene rings is 2. The predicted molar refractivity (Wildman–Crippen MR) is 82.3 cm³/mol. The second-order valence-corrected chi connectivity index (χ2v) is 5.11. The first-order valence-corrected chi connectivity index (χ1v) is 7.07. The van der Waals surface area contributed by atoms with Gasteiger partial charge in [0, 0.05) is 0 Å². The molecular formula is C17H16F3NO3. The third kappa shape index (κ3) is 4.99. The predicted octanol–water partition coefficient (Wildman–Crippen LogP) is 3.30. The van der Waals surface area contributed by atoms with Gasteiger partial charge in [-0.05, 0) is 35.2 Å². The third-order valence-electron chi connectivity index (χ3n) is 3.31. The number of methoxy groups -OCH3 is 1. The van der Waals surface area contributed by atoms with Crippen LogP contribution >= 0.6 is 0 Å². The summed E-state index contributed by atoms with van der Waals surface area (Å²) in [5.74, 6) is -0.788. The van der Waals surface area contributed by atoms with Gasteiger partial charge in [-0.2, -0.15) is 0 Å². The van der Waals surface area contributed by atoms with Gasteiger partial charge in [0.15, 0.2) is 0 Å². The molecule has 0 amide bonds. The monoisotopic (exact) mass is 339 g/mol. The van der Waals surface area contributed by atoms with Gasteiger partial charge in [-0.15, -0.1) is 13.2 Å². The summed E-state index contributed by atoms with van der Waals surface area (Å²) in [6.45, 7) is 0. The van der Waals surface area contributed by atoms with E-state index >= 15 is 0 Å². The van der Waals surface area contributed by atoms with Gasteiger partial charge in [0.1, 0.15) is 11.8 Å². The van der Waals surface area contributed by atoms with Crippen LogP contribution in [0.3, 0.4) is 0 Å². The highest BCUT2D eigenvalue weighted by Gasteiger charge is 2.30. The zero-order chi connectivity index (χ0) is 17.7. The average Bonchev–Trinajstić information content (AvgIpc) is 2.53. The lowest BCUT2D eigenvalue weighted by atomic mass is 9.99. The van der Waals surface area contributed by atoms with Crippen molar-refractivity contribution in [2.45, 2.75) is 18.8 Å². The van der Waals surface area contributed by atoms with E-state index in [4.69, 9.17) is 5.73 Å². The van der Waals surface area contributed by atoms with Crippen molar-refractivity contribution in [2.75, 3.05) is 7.11 Å². The minimum absolute atomic E-state index is 0.282. The largest absolute Gasteiger partial charge is 0.573 e. The summed E-state index contributed by atoms with van der Waals surface area (Å²) in [7, 11) is 1.27. The fourth-order valence-electron chi connectivity index (χ4n) is 2.22. The van der Waals surface area contributed by atoms with Crippen LogP contribution in [0.4, 0.5) is 13.2 Å². The number of rotatable bonds is 5. The molecule has 2 aromatic carbocycles. The minimum atomic E-state index is -4.72. The minimum Gasteiger partial charge on any atom is -0.468 e. The molecule has 128 valence electrons. The number of hydrogen-bond acceptors (Lipinski definition) is 4. The zero-order valence-electron chi connectivity index (χ0n) is 12.8. The molecule has 0 aromatic heterocycles. The van der Waals surface area contributed by atoms with Crippen LogP contribution in [0.15, 0.2) is 48.5 Å². The summed E-state index contributed by atoms with van der Waals surface area (Å²) < 4.78 is 44.9. The van der Waals surface area contributed by atoms with Crippen molar-refractivity contribution in [1.82, 2.24) is 0 Å². The molecule has 0 aliphatic heterocycles. The Balaban J connectivity index is 2.15. The van der Waals surface area contributed by atoms with E-state index in [9.17, 15) is 18.0 Å². The van der Waals surface area contributed by atoms with E-state index in [1.165, 1.54) is 31.4 Å². The highest BCUT2D eigenvalue weighted by atomic mass is 19.4. The van der Waals surface area contributed by atoms with Crippen LogP contribution in [0.25, 0.3) is 11.1 Å². The van der Waals surface area contributed by atoms with Crippen LogP contribution in [0.1, 0.15) is 5.56 Å². The molecule has 2 aromatic rings. The van der Waals surface area contributed by atoms with Crippen molar-refractivity contribution in [3.63, 3.8) is 0 Å². The Bertz CT molecular complexity index is 699. The molecule has 2 N–H and O–H groups in total. The summed E-state index contributed by atoms with van der Waals surface area (Å²) in [4.78, 5) is 11.4. The number of alkyl halides is 3. The molecule has 0 bridgehead atoms. The number of hydrogen-bond donors (Lipinski definition) is 1. The number of carbonyl (C=O) groups excluding carboxylic acids is 1. The quantitative estimate of drug-likeness (QED) is 0.849. The normalized spacial score (nSPS) is 12.5. The Labute approximate surface area is 137 Å². The van der Waals surface area contributed by atoms with Gasteiger partial charge in [0.2, 0.25) is 0 Å². The van der Waals surface area contributed by atoms with Crippen LogP contribution in [0, 0.1) is 0 Å². The lowest BCUT2D eigenvalue weighted by Gasteiger charge is -2.11. The van der Waals surface area contributed by atoms with E-state index in [0.717, 1.165) is 16.7 Å². The fraction of sp³-hybridized carbons (Fsp3) is 0.235. The van der Waals surface area contributed by atoms with Crippen molar-refractivity contribution >= 4 is 5.97 Å². The van der Waals surface area contributed by atoms with Gasteiger partial charge in [-0.3, -0.25) is 4.79 Å². The summed E-state index contributed by atoms with van der Waals surface area (Å²) in [5, 5.41) is 0. The molecule has 0 radical (unpaired) electrons. The van der Waals surface area contributed by atoms with E-state index in [1.54, 1.807) is 6.07 Å². The van der Waals surface area contributed by atoms with Crippen LogP contribution in [-0.2, 0) is 16.0 Å². The highest BCUT2D eigenvalue weighted by molar-refractivity contribution is 5.76. The number of ether oxygens (including phenoxy) is 2. The Morgan fingerprint density at radius 1 is 1.12 bits per heavy atom. The van der Waals surface area contributed by atoms with E-state index in [0.29, 0.717) is 6.42 Å². The van der Waals surface area contributed by atoms with Crippen LogP contribution < -0.4 is 10.5 Å². The number of nitrogens with two attached hydrogens (primary N) is 1. The standard InChI is InChI=1S/C17H16F3NO3/c1-23-16(22)15(21)10-11-3-2-4-13(9-11)12-5-7-14(8-6-12)24-17(18,19)20/h2-9,15H,10,21H2,1H3. The molecule has 4 nitrogen and oxygen atoms in total. The SMILES string of the molecule is COC(=O)C(N)Cc1cccc(-c2ccc(OC(F)(F)F)cc2)c1. The van der Waals surface area contributed by atoms with Crippen molar-refractivity contribution in [2.24, 2.45) is 5.73 Å². The molecular weight excluding hydrogens is 323 g/mol. The van der Waals surface area contributed by atoms with E-state index < -0.39 is 18.4 Å². The van der Waals surface area contributed by atoms with Crippen molar-refractivity contribution in [1.29, 1.82) is 0 Å². The second kappa shape index (κ2) is 7.35. The lowest BCUT2D eigenvalue weighted by Crippen LogP contribution is -2.33. The molecule has 7 heteroatoms. The van der Waals surface area contributed by atoms with Crippen molar-refractivity contribution in [3.8, 4) is 16.9 Å². The lowest BCUT2D eigenvalue weighted by molar-refractivity contribution is -0.274. The Morgan fingerprint density at radius 2 is 1.79 bits per heavy atom. The summed E-state index contributed by atoms with van der Waals surface area (Å²) in [6.07, 6.45) is -4.42. The molecule has 0 fully saturated rings. The summed E-state index contributed by atoms with van der Waals surface area (Å²) in [5.41, 5.74) is 8.06. The molecule has 1 atom stereocenters. The Kier molecular flexibility index (Phi) is 5.46. The Morgan fingerprint density at radius 3 is 2.38 bits per heavy atom. The maximum atomic E-state index is 12.2.